The van der Waals surface area contributed by atoms with Gasteiger partial charge in [0.05, 0.1) is 17.8 Å². The number of rotatable bonds is 4. The van der Waals surface area contributed by atoms with E-state index in [1.807, 2.05) is 0 Å². The Morgan fingerprint density at radius 2 is 1.70 bits per heavy atom. The molecule has 0 fully saturated rings. The zero-order valence-corrected chi connectivity index (χ0v) is 14.7. The minimum Gasteiger partial charge on any atom is -0.507 e. The van der Waals surface area contributed by atoms with Crippen LogP contribution in [0.5, 0.6) is 17.2 Å². The zero-order chi connectivity index (χ0) is 20.1. The molecule has 3 aromatic rings. The molecule has 3 rings (SSSR count). The number of aliphatic hydroxyl groups excluding tert-OH is 2. The predicted octanol–water partition coefficient (Wildman–Crippen LogP) is 1.62. The summed E-state index contributed by atoms with van der Waals surface area (Å²) in [5, 5.41) is 60.0. The van der Waals surface area contributed by atoms with E-state index in [0.717, 1.165) is 0 Å². The molecule has 0 aliphatic rings. The Morgan fingerprint density at radius 1 is 1.04 bits per heavy atom. The van der Waals surface area contributed by atoms with Crippen LogP contribution in [0.15, 0.2) is 33.5 Å². The van der Waals surface area contributed by atoms with Crippen molar-refractivity contribution in [2.75, 3.05) is 0 Å². The lowest BCUT2D eigenvalue weighted by Crippen LogP contribution is -2.36. The maximum absolute atomic E-state index is 12.6. The molecule has 0 amide bonds. The third-order valence-electron chi connectivity index (χ3n) is 4.57. The Kier molecular flexibility index (Phi) is 4.51. The van der Waals surface area contributed by atoms with Crippen LogP contribution in [0.1, 0.15) is 31.9 Å². The maximum Gasteiger partial charge on any atom is 0.208 e. The third-order valence-corrected chi connectivity index (χ3v) is 4.57. The number of fused-ring (bicyclic) bond motifs is 2. The average molecular weight is 376 g/mol. The summed E-state index contributed by atoms with van der Waals surface area (Å²) < 4.78 is 5.55. The third kappa shape index (κ3) is 3.18. The molecule has 1 aromatic heterocycles. The maximum atomic E-state index is 12.6. The van der Waals surface area contributed by atoms with Gasteiger partial charge in [-0.1, -0.05) is 6.07 Å². The van der Waals surface area contributed by atoms with Crippen molar-refractivity contribution >= 4 is 21.9 Å². The van der Waals surface area contributed by atoms with E-state index in [2.05, 4.69) is 0 Å². The van der Waals surface area contributed by atoms with Crippen LogP contribution >= 0.6 is 0 Å². The summed E-state index contributed by atoms with van der Waals surface area (Å²) in [5.74, 6) is -1.89. The second-order valence-electron chi connectivity index (χ2n) is 7.04. The second-order valence-corrected chi connectivity index (χ2v) is 7.04. The second kappa shape index (κ2) is 6.41. The molecule has 0 saturated heterocycles. The van der Waals surface area contributed by atoms with Gasteiger partial charge in [0.2, 0.25) is 5.43 Å². The fourth-order valence-electron chi connectivity index (χ4n) is 2.91. The van der Waals surface area contributed by atoms with Crippen molar-refractivity contribution in [1.82, 2.24) is 0 Å². The normalized spacial score (nSPS) is 14.6. The lowest BCUT2D eigenvalue weighted by atomic mass is 9.92. The first-order chi connectivity index (χ1) is 12.5. The fourth-order valence-corrected chi connectivity index (χ4v) is 2.91. The first-order valence-corrected chi connectivity index (χ1v) is 8.24. The van der Waals surface area contributed by atoms with Gasteiger partial charge < -0.3 is 35.1 Å². The van der Waals surface area contributed by atoms with E-state index in [9.17, 15) is 35.4 Å². The molecule has 0 radical (unpaired) electrons. The van der Waals surface area contributed by atoms with Crippen molar-refractivity contribution in [3.63, 3.8) is 0 Å². The average Bonchev–Trinajstić information content (AvgIpc) is 2.56. The monoisotopic (exact) mass is 376 g/mol. The van der Waals surface area contributed by atoms with Crippen molar-refractivity contribution < 1.29 is 35.1 Å². The Labute approximate surface area is 153 Å². The molecule has 2 atom stereocenters. The Morgan fingerprint density at radius 3 is 2.33 bits per heavy atom. The van der Waals surface area contributed by atoms with Crippen molar-refractivity contribution in [1.29, 1.82) is 0 Å². The summed E-state index contributed by atoms with van der Waals surface area (Å²) >= 11 is 0. The van der Waals surface area contributed by atoms with E-state index in [4.69, 9.17) is 4.42 Å². The smallest absolute Gasteiger partial charge is 0.208 e. The van der Waals surface area contributed by atoms with Gasteiger partial charge in [0, 0.05) is 12.0 Å². The lowest BCUT2D eigenvalue weighted by molar-refractivity contribution is -0.0684. The first-order valence-electron chi connectivity index (χ1n) is 8.24. The van der Waals surface area contributed by atoms with E-state index in [1.54, 1.807) is 0 Å². The van der Waals surface area contributed by atoms with Gasteiger partial charge in [0.1, 0.15) is 27.7 Å². The van der Waals surface area contributed by atoms with Crippen molar-refractivity contribution in [3.8, 4) is 17.2 Å². The minimum absolute atomic E-state index is 0.0644. The molecule has 8 heteroatoms. The number of phenolic OH excluding ortho intramolecular Hbond substituents is 3. The molecule has 8 nitrogen and oxygen atoms in total. The number of hydrogen-bond donors (Lipinski definition) is 6. The van der Waals surface area contributed by atoms with Crippen LogP contribution in [0.25, 0.3) is 21.9 Å². The van der Waals surface area contributed by atoms with Gasteiger partial charge in [-0.3, -0.25) is 4.79 Å². The Bertz CT molecular complexity index is 1080. The van der Waals surface area contributed by atoms with Crippen LogP contribution in [-0.4, -0.2) is 42.3 Å². The highest BCUT2D eigenvalue weighted by molar-refractivity contribution is 5.97. The summed E-state index contributed by atoms with van der Waals surface area (Å²) in [4.78, 5) is 12.6. The molecule has 144 valence electrons. The van der Waals surface area contributed by atoms with Crippen molar-refractivity contribution in [3.05, 3.63) is 40.1 Å². The molecule has 0 saturated carbocycles. The topological polar surface area (TPSA) is 152 Å². The van der Waals surface area contributed by atoms with E-state index in [-0.39, 0.29) is 39.7 Å². The highest BCUT2D eigenvalue weighted by atomic mass is 16.3. The van der Waals surface area contributed by atoms with Gasteiger partial charge in [-0.15, -0.1) is 0 Å². The molecule has 1 heterocycles. The number of phenols is 3. The highest BCUT2D eigenvalue weighted by Crippen LogP contribution is 2.41. The summed E-state index contributed by atoms with van der Waals surface area (Å²) in [7, 11) is 0. The number of benzene rings is 2. The summed E-state index contributed by atoms with van der Waals surface area (Å²) in [6, 6.07) is 5.39. The van der Waals surface area contributed by atoms with E-state index in [0.29, 0.717) is 0 Å². The van der Waals surface area contributed by atoms with Gasteiger partial charge in [-0.25, -0.2) is 0 Å². The number of aromatic hydroxyl groups is 3. The van der Waals surface area contributed by atoms with Gasteiger partial charge >= 0.3 is 0 Å². The molecule has 0 aliphatic carbocycles. The SMILES string of the molecule is CC(C)(O)[C@@H](O)C[C@@H](O)c1cc2oc3cccc(O)c3c(=O)c2c(O)c1O. The van der Waals surface area contributed by atoms with Gasteiger partial charge in [-0.2, -0.15) is 0 Å². The predicted molar refractivity (Wildman–Crippen MR) is 96.9 cm³/mol. The molecular formula is C19H20O8. The molecule has 2 aromatic carbocycles. The summed E-state index contributed by atoms with van der Waals surface area (Å²) in [5.41, 5.74) is -2.45. The van der Waals surface area contributed by atoms with Gasteiger partial charge in [0.25, 0.3) is 0 Å². The first kappa shape index (κ1) is 19.0. The van der Waals surface area contributed by atoms with Crippen LogP contribution in [0.2, 0.25) is 0 Å². The van der Waals surface area contributed by atoms with E-state index in [1.165, 1.54) is 38.1 Å². The summed E-state index contributed by atoms with van der Waals surface area (Å²) in [6.07, 6.45) is -3.10. The lowest BCUT2D eigenvalue weighted by Gasteiger charge is -2.26. The van der Waals surface area contributed by atoms with E-state index >= 15 is 0 Å². The molecule has 0 unspecified atom stereocenters. The van der Waals surface area contributed by atoms with Crippen LogP contribution < -0.4 is 5.43 Å². The molecular weight excluding hydrogens is 356 g/mol. The fraction of sp³-hybridized carbons (Fsp3) is 0.316. The van der Waals surface area contributed by atoms with Crippen molar-refractivity contribution in [2.24, 2.45) is 0 Å². The molecule has 27 heavy (non-hydrogen) atoms. The Hall–Kier alpha value is -2.81. The summed E-state index contributed by atoms with van der Waals surface area (Å²) in [6.45, 7) is 2.72. The molecule has 0 aliphatic heterocycles. The highest BCUT2D eigenvalue weighted by Gasteiger charge is 2.30. The van der Waals surface area contributed by atoms with Gasteiger partial charge in [-0.05, 0) is 32.0 Å². The van der Waals surface area contributed by atoms with Gasteiger partial charge in [0.15, 0.2) is 11.5 Å². The largest absolute Gasteiger partial charge is 0.507 e. The Balaban J connectivity index is 2.21. The molecule has 6 N–H and O–H groups in total. The molecule has 0 spiro atoms. The van der Waals surface area contributed by atoms with Crippen LogP contribution in [-0.2, 0) is 0 Å². The molecule has 0 bridgehead atoms. The number of hydrogen-bond acceptors (Lipinski definition) is 8. The zero-order valence-electron chi connectivity index (χ0n) is 14.7. The quantitative estimate of drug-likeness (QED) is 0.297. The van der Waals surface area contributed by atoms with Crippen LogP contribution in [0, 0.1) is 0 Å². The van der Waals surface area contributed by atoms with Crippen molar-refractivity contribution in [2.45, 2.75) is 38.1 Å². The number of aliphatic hydroxyl groups is 3. The van der Waals surface area contributed by atoms with Crippen LogP contribution in [0.4, 0.5) is 0 Å². The van der Waals surface area contributed by atoms with Crippen LogP contribution in [0.3, 0.4) is 0 Å². The van der Waals surface area contributed by atoms with E-state index < -0.39 is 34.7 Å². The minimum atomic E-state index is -1.49. The standard InChI is InChI=1S/C19H20O8/c1-19(2,26)13(22)7-10(21)8-6-12-15(18(25)16(8)23)17(24)14-9(20)4-3-5-11(14)27-12/h3-6,10,13,20-23,25-26H,7H2,1-2H3/t10-,13+/m1/s1.